The average Bonchev–Trinajstić information content (AvgIpc) is 0.788. The van der Waals surface area contributed by atoms with Crippen molar-refractivity contribution in [3.63, 3.8) is 0 Å². The fourth-order valence-corrected chi connectivity index (χ4v) is 15.6. The summed E-state index contributed by atoms with van der Waals surface area (Å²) in [5.74, 6) is -2.89. The number of nitrogens with zero attached hydrogens (tertiary/aromatic N) is 1. The maximum absolute atomic E-state index is 14.1. The molecule has 0 amide bonds. The highest BCUT2D eigenvalue weighted by molar-refractivity contribution is 7.99. The summed E-state index contributed by atoms with van der Waals surface area (Å²) >= 11 is 0.643. The molecule has 0 saturated carbocycles. The van der Waals surface area contributed by atoms with Crippen molar-refractivity contribution >= 4 is 44.2 Å². The topological polar surface area (TPSA) is 621 Å². The number of sulfonamides is 1. The Bertz CT molecular complexity index is 3050. The van der Waals surface area contributed by atoms with Crippen LogP contribution in [0.2, 0.25) is 0 Å². The van der Waals surface area contributed by atoms with Gasteiger partial charge in [-0.2, -0.15) is 16.5 Å². The normalized spacial score (nSPS) is 46.1. The smallest absolute Gasteiger partial charge is 0.322 e. The number of aliphatic hydroxyl groups is 20. The minimum Gasteiger partial charge on any atom is -0.480 e. The summed E-state index contributed by atoms with van der Waals surface area (Å²) in [5.41, 5.74) is 0.639. The zero-order valence-corrected chi connectivity index (χ0v) is 54.1. The molecule has 21 heterocycles. The summed E-state index contributed by atoms with van der Waals surface area (Å²) in [4.78, 5) is 14.3. The zero-order valence-electron chi connectivity index (χ0n) is 52.5. The largest absolute Gasteiger partial charge is 0.480 e. The Balaban J connectivity index is 0.945. The van der Waals surface area contributed by atoms with Gasteiger partial charge < -0.3 is 178 Å². The van der Waals surface area contributed by atoms with E-state index in [1.54, 1.807) is 37.2 Å². The third kappa shape index (κ3) is 16.0. The van der Waals surface area contributed by atoms with Crippen molar-refractivity contribution < 1.29 is 187 Å². The number of anilines is 1. The van der Waals surface area contributed by atoms with Gasteiger partial charge in [-0.3, -0.25) is 4.79 Å². The Morgan fingerprint density at radius 1 is 0.394 bits per heavy atom. The second-order valence-corrected chi connectivity index (χ2v) is 27.8. The van der Waals surface area contributed by atoms with E-state index in [2.05, 4.69) is 4.72 Å². The lowest BCUT2D eigenvalue weighted by Crippen LogP contribution is -2.68. The monoisotopic (exact) mass is 1470 g/mol. The van der Waals surface area contributed by atoms with Crippen LogP contribution in [0.4, 0.5) is 5.69 Å². The van der Waals surface area contributed by atoms with E-state index in [-0.39, 0.29) is 10.3 Å². The minimum atomic E-state index is -4.66. The Hall–Kier alpha value is -3.13. The van der Waals surface area contributed by atoms with Crippen molar-refractivity contribution in [3.05, 3.63) is 36.4 Å². The van der Waals surface area contributed by atoms with Crippen LogP contribution in [0.3, 0.4) is 0 Å². The molecule has 21 fully saturated rings. The van der Waals surface area contributed by atoms with E-state index < -0.39 is 288 Å². The van der Waals surface area contributed by atoms with Gasteiger partial charge in [-0.25, -0.2) is 8.42 Å². The van der Waals surface area contributed by atoms with Crippen molar-refractivity contribution in [1.29, 1.82) is 0 Å². The van der Waals surface area contributed by atoms with Crippen LogP contribution in [0.15, 0.2) is 41.3 Å². The first kappa shape index (κ1) is 78.5. The first-order valence-electron chi connectivity index (χ1n) is 31.4. The number of aliphatic carboxylic acids is 1. The molecule has 0 aliphatic carbocycles. The van der Waals surface area contributed by atoms with Gasteiger partial charge in [-0.1, -0.05) is 24.3 Å². The molecule has 2 aromatic carbocycles. The van der Waals surface area contributed by atoms with Crippen LogP contribution in [0.25, 0.3) is 10.8 Å². The number of benzene rings is 2. The van der Waals surface area contributed by atoms with Crippen LogP contribution < -0.4 is 9.62 Å². The van der Waals surface area contributed by atoms with E-state index >= 15 is 0 Å². The molecule has 40 nitrogen and oxygen atoms in total. The van der Waals surface area contributed by atoms with Gasteiger partial charge in [0, 0.05) is 42.1 Å². The quantitative estimate of drug-likeness (QED) is 0.0787. The fourth-order valence-electron chi connectivity index (χ4n) is 13.0. The fraction of sp³-hybridized carbons (Fsp3) is 0.807. The molecule has 36 atom stereocenters. The summed E-state index contributed by atoms with van der Waals surface area (Å²) in [7, 11) is -1.19. The number of rotatable bonds is 15. The predicted octanol–water partition coefficient (Wildman–Crippen LogP) is -12.8. The summed E-state index contributed by atoms with van der Waals surface area (Å²) < 4.78 is 112. The van der Waals surface area contributed by atoms with E-state index in [1.165, 1.54) is 18.2 Å². The van der Waals surface area contributed by atoms with E-state index in [4.69, 9.17) is 66.3 Å². The van der Waals surface area contributed by atoms with E-state index in [0.29, 0.717) is 22.8 Å². The van der Waals surface area contributed by atoms with E-state index in [0.717, 1.165) is 0 Å². The van der Waals surface area contributed by atoms with Gasteiger partial charge in [0.25, 0.3) is 0 Å². The third-order valence-electron chi connectivity index (χ3n) is 18.4. The Kier molecular flexibility index (Phi) is 26.2. The van der Waals surface area contributed by atoms with Gasteiger partial charge in [0.05, 0.1) is 50.6 Å². The second-order valence-electron chi connectivity index (χ2n) is 25.0. The number of carboxylic acid groups (broad SMARTS) is 1. The predicted molar refractivity (Wildman–Crippen MR) is 319 cm³/mol. The molecule has 564 valence electrons. The number of carbonyl (C=O) groups is 1. The molecule has 2 aromatic rings. The molecule has 23 rings (SSSR count). The molecule has 42 heteroatoms. The highest BCUT2D eigenvalue weighted by Gasteiger charge is 2.60. The van der Waals surface area contributed by atoms with Crippen LogP contribution in [0, 0.1) is 0 Å². The molecule has 21 saturated heterocycles. The maximum atomic E-state index is 14.1. The zero-order chi connectivity index (χ0) is 72.0. The number of carboxylic acids is 1. The number of hydrogen-bond acceptors (Lipinski definition) is 39. The van der Waals surface area contributed by atoms with Gasteiger partial charge in [0.15, 0.2) is 44.0 Å². The van der Waals surface area contributed by atoms with Gasteiger partial charge in [0.1, 0.15) is 171 Å². The van der Waals surface area contributed by atoms with E-state index in [9.17, 15) is 120 Å². The number of aliphatic hydroxyl groups excluding tert-OH is 20. The molecule has 0 unspecified atom stereocenters. The number of fused-ring (bicyclic) bond motifs is 1. The standard InChI is InChI=1S/C57H86N2O38S2/c1-59(2)20-7-3-6-18-17(20)5-4-8-28(18)99(82,83)58-19(50(80)81)15-98-16-27-49-35(72)42(79)57(90-27)96-48-26(14-65)88-55(40(77)33(48)70)94-46-24(12-63)86-53(38(75)31(46)68)92-44-22(10-61)84-51(36(73)29(44)66)91-43-21(9-60)85-52(37(74)30(43)67)93-45-23(11-62)87-54(39(76)32(45)69)95-47-25(13-64)89-56(97-49)41(78)34(47)71/h3-8,19,21-27,29-49,51-58,60-79H,9-16H2,1-2H3,(H,80,81)/t19-,21-,22-,23-,24-,25-,26-,27-,29-,30-,31-,32-,33-,34-,35-,36-,37-,38-,39-,40-,41-,42-,43-,44-,45-,46-,47-,48-,49-,51-,52-,53-,54-,55-,56-,57-/m1/s1. The average molecular weight is 1470 g/mol. The van der Waals surface area contributed by atoms with Crippen LogP contribution in [-0.4, -0.2) is 408 Å². The van der Waals surface area contributed by atoms with Crippen molar-refractivity contribution in [2.75, 3.05) is 70.1 Å². The van der Waals surface area contributed by atoms with Crippen molar-refractivity contribution in [1.82, 2.24) is 4.72 Å². The van der Waals surface area contributed by atoms with Crippen LogP contribution in [0.5, 0.6) is 0 Å². The highest BCUT2D eigenvalue weighted by atomic mass is 32.2. The Labute approximate surface area is 566 Å². The molecule has 99 heavy (non-hydrogen) atoms. The Morgan fingerprint density at radius 3 is 0.909 bits per heavy atom. The lowest BCUT2D eigenvalue weighted by molar-refractivity contribution is -0.396. The van der Waals surface area contributed by atoms with Crippen LogP contribution >= 0.6 is 11.8 Å². The van der Waals surface area contributed by atoms with Gasteiger partial charge in [-0.05, 0) is 12.1 Å². The van der Waals surface area contributed by atoms with Crippen molar-refractivity contribution in [2.24, 2.45) is 0 Å². The lowest BCUT2D eigenvalue weighted by Gasteiger charge is -2.50. The first-order chi connectivity index (χ1) is 47.0. The molecule has 21 aliphatic heterocycles. The van der Waals surface area contributed by atoms with Crippen molar-refractivity contribution in [2.45, 2.75) is 226 Å². The number of hydrogen-bond donors (Lipinski definition) is 22. The molecule has 0 spiro atoms. The van der Waals surface area contributed by atoms with Gasteiger partial charge >= 0.3 is 5.97 Å². The van der Waals surface area contributed by atoms with Gasteiger partial charge in [-0.15, -0.1) is 0 Å². The number of thioether (sulfide) groups is 1. The molecule has 0 radical (unpaired) electrons. The second kappa shape index (κ2) is 33.1. The highest BCUT2D eigenvalue weighted by Crippen LogP contribution is 2.40. The molecule has 0 aromatic heterocycles. The summed E-state index contributed by atoms with van der Waals surface area (Å²) in [6.45, 7) is -6.63. The number of nitrogens with one attached hydrogen (secondary N) is 1. The van der Waals surface area contributed by atoms with E-state index in [1.807, 2.05) is 0 Å². The molecule has 22 N–H and O–H groups in total. The molecular formula is C57H86N2O38S2. The third-order valence-corrected chi connectivity index (χ3v) is 21.1. The first-order valence-corrected chi connectivity index (χ1v) is 34.0. The van der Waals surface area contributed by atoms with Gasteiger partial charge in [0.2, 0.25) is 10.0 Å². The SMILES string of the molecule is CN(C)c1cccc2c(S(=O)(=O)N[C@H](CSC[C@H]3O[C@@H]4O[C@H]5[C@H](O)[C@@H](O)[C@@H](O[C@H]6[C@H](O)[C@@H](O)[C@@H](O[C@H]7[C@H](O)[C@@H](O)[C@@H](O[C@H]8[C@H](O)[C@@H](O)[C@@H](O[C@H]9[C@H](O)[C@@H](O)[C@@H](O[C@H]%10[C@H](O)[C@@H](O)[C@@H](O[C@H]3[C@H](O)[C@H]4O)O[C@@H]%10CO)O[C@@H]9CO)O[C@@H]8CO)O[C@@H]7CO)O[C@@H]6CO)O[C@@H]5CO)C(=O)O)cccc12. The lowest BCUT2D eigenvalue weighted by atomic mass is 9.95. The molecule has 14 bridgehead atoms. The van der Waals surface area contributed by atoms with Crippen molar-refractivity contribution in [3.8, 4) is 0 Å². The summed E-state index contributed by atoms with van der Waals surface area (Å²) in [5, 5.41) is 237. The van der Waals surface area contributed by atoms with Crippen LogP contribution in [-0.2, 0) is 81.1 Å². The van der Waals surface area contributed by atoms with Crippen LogP contribution in [0.1, 0.15) is 0 Å². The molecular weight excluding hydrogens is 1380 g/mol. The maximum Gasteiger partial charge on any atom is 0.322 e. The number of ether oxygens (including phenoxy) is 14. The minimum absolute atomic E-state index is 0.241. The molecule has 21 aliphatic rings. The summed E-state index contributed by atoms with van der Waals surface area (Å²) in [6.07, 6.45) is -73.1. The Morgan fingerprint density at radius 2 is 0.646 bits per heavy atom. The summed E-state index contributed by atoms with van der Waals surface area (Å²) in [6, 6.07) is 7.34.